The first-order chi connectivity index (χ1) is 9.99. The van der Waals surface area contributed by atoms with E-state index in [9.17, 15) is 9.90 Å². The van der Waals surface area contributed by atoms with Gasteiger partial charge in [-0.05, 0) is 19.9 Å². The molecule has 0 unspecified atom stereocenters. The molecular weight excluding hydrogens is 268 g/mol. The highest BCUT2D eigenvalue weighted by Crippen LogP contribution is 2.25. The summed E-state index contributed by atoms with van der Waals surface area (Å²) in [6.45, 7) is 8.65. The normalized spacial score (nSPS) is 23.0. The zero-order valence-corrected chi connectivity index (χ0v) is 13.2. The van der Waals surface area contributed by atoms with E-state index >= 15 is 0 Å². The van der Waals surface area contributed by atoms with Gasteiger partial charge in [0.1, 0.15) is 11.4 Å². The minimum atomic E-state index is -1.27. The molecule has 1 aliphatic heterocycles. The monoisotopic (exact) mass is 294 g/mol. The molecule has 1 saturated heterocycles. The smallest absolute Gasteiger partial charge is 0.254 e. The molecule has 1 aromatic rings. The van der Waals surface area contributed by atoms with Gasteiger partial charge in [0.25, 0.3) is 5.91 Å². The van der Waals surface area contributed by atoms with Gasteiger partial charge in [0, 0.05) is 32.0 Å². The molecule has 0 radical (unpaired) electrons. The number of piperazine rings is 1. The molecule has 2 rings (SSSR count). The number of aromatic amines is 1. The average molecular weight is 294 g/mol. The summed E-state index contributed by atoms with van der Waals surface area (Å²) in [5, 5.41) is 10.3. The molecule has 21 heavy (non-hydrogen) atoms. The van der Waals surface area contributed by atoms with Crippen LogP contribution in [-0.2, 0) is 4.79 Å². The second-order valence-electron chi connectivity index (χ2n) is 5.89. The third-order valence-electron chi connectivity index (χ3n) is 4.22. The van der Waals surface area contributed by atoms with E-state index in [4.69, 9.17) is 0 Å². The van der Waals surface area contributed by atoms with Crippen molar-refractivity contribution < 1.29 is 9.90 Å². The maximum Gasteiger partial charge on any atom is 0.254 e. The van der Waals surface area contributed by atoms with Crippen LogP contribution >= 0.6 is 0 Å². The minimum Gasteiger partial charge on any atom is -0.380 e. The number of aliphatic hydroxyl groups is 1. The van der Waals surface area contributed by atoms with Crippen molar-refractivity contribution in [3.05, 3.63) is 18.2 Å². The highest BCUT2D eigenvalue weighted by Gasteiger charge is 2.38. The molecule has 0 bridgehead atoms. The summed E-state index contributed by atoms with van der Waals surface area (Å²) in [5.74, 6) is 0.709. The number of imidazole rings is 1. The largest absolute Gasteiger partial charge is 0.380 e. The van der Waals surface area contributed by atoms with E-state index in [2.05, 4.69) is 21.8 Å². The average Bonchev–Trinajstić information content (AvgIpc) is 2.99. The first-order valence-corrected chi connectivity index (χ1v) is 7.74. The van der Waals surface area contributed by atoms with Crippen LogP contribution in [0.3, 0.4) is 0 Å². The Labute approximate surface area is 126 Å². The van der Waals surface area contributed by atoms with E-state index in [-0.39, 0.29) is 11.9 Å². The topological polar surface area (TPSA) is 72.5 Å². The minimum absolute atomic E-state index is 0.0696. The fraction of sp³-hybridized carbons (Fsp3) is 0.733. The number of nitrogens with one attached hydrogen (secondary N) is 1. The van der Waals surface area contributed by atoms with Crippen LogP contribution < -0.4 is 0 Å². The summed E-state index contributed by atoms with van der Waals surface area (Å²) in [7, 11) is 0. The van der Waals surface area contributed by atoms with Crippen LogP contribution in [0.4, 0.5) is 0 Å². The number of nitrogens with zero attached hydrogens (tertiary/aromatic N) is 3. The van der Waals surface area contributed by atoms with Crippen molar-refractivity contribution in [3.8, 4) is 0 Å². The molecule has 1 amide bonds. The number of aromatic nitrogens is 2. The third kappa shape index (κ3) is 3.44. The van der Waals surface area contributed by atoms with Crippen LogP contribution in [0.15, 0.2) is 12.4 Å². The van der Waals surface area contributed by atoms with Crippen molar-refractivity contribution in [2.24, 2.45) is 0 Å². The fourth-order valence-electron chi connectivity index (χ4n) is 3.04. The Morgan fingerprint density at radius 3 is 2.86 bits per heavy atom. The summed E-state index contributed by atoms with van der Waals surface area (Å²) in [6, 6.07) is 0.0696. The Morgan fingerprint density at radius 1 is 1.52 bits per heavy atom. The quantitative estimate of drug-likeness (QED) is 0.855. The molecule has 0 spiro atoms. The molecule has 0 saturated carbocycles. The van der Waals surface area contributed by atoms with Crippen LogP contribution in [0.25, 0.3) is 0 Å². The van der Waals surface area contributed by atoms with Gasteiger partial charge in [-0.2, -0.15) is 0 Å². The lowest BCUT2D eigenvalue weighted by atomic mass is 9.97. The third-order valence-corrected chi connectivity index (χ3v) is 4.22. The second-order valence-corrected chi connectivity index (χ2v) is 5.89. The summed E-state index contributed by atoms with van der Waals surface area (Å²) < 4.78 is 0. The van der Waals surface area contributed by atoms with Gasteiger partial charge in [-0.3, -0.25) is 9.69 Å². The Bertz CT molecular complexity index is 458. The van der Waals surface area contributed by atoms with E-state index in [1.165, 1.54) is 0 Å². The molecule has 2 heterocycles. The van der Waals surface area contributed by atoms with Crippen LogP contribution in [-0.4, -0.2) is 62.6 Å². The van der Waals surface area contributed by atoms with Gasteiger partial charge in [0.15, 0.2) is 0 Å². The van der Waals surface area contributed by atoms with Crippen LogP contribution in [0, 0.1) is 0 Å². The van der Waals surface area contributed by atoms with E-state index < -0.39 is 5.60 Å². The van der Waals surface area contributed by atoms with E-state index in [1.54, 1.807) is 24.2 Å². The summed E-state index contributed by atoms with van der Waals surface area (Å²) in [6.07, 6.45) is 4.81. The van der Waals surface area contributed by atoms with Gasteiger partial charge in [-0.25, -0.2) is 4.98 Å². The summed E-state index contributed by atoms with van der Waals surface area (Å²) >= 11 is 0. The standard InChI is InChI=1S/C15H26N4O2/c1-4-6-15(3,21)14(20)19-10-9-18(5-2)12(11-19)13-16-7-8-17-13/h7-8,12,21H,4-6,9-11H2,1-3H3,(H,16,17)/t12-,15+/m1/s1. The zero-order valence-electron chi connectivity index (χ0n) is 13.2. The number of carbonyl (C=O) groups is 1. The first-order valence-electron chi connectivity index (χ1n) is 7.74. The Hall–Kier alpha value is -1.40. The van der Waals surface area contributed by atoms with Crippen molar-refractivity contribution in [3.63, 3.8) is 0 Å². The summed E-state index contributed by atoms with van der Waals surface area (Å²) in [5.41, 5.74) is -1.27. The molecule has 0 aromatic carbocycles. The number of hydrogen-bond donors (Lipinski definition) is 2. The van der Waals surface area contributed by atoms with Crippen molar-refractivity contribution in [2.45, 2.75) is 45.3 Å². The first kappa shape index (κ1) is 16.0. The lowest BCUT2D eigenvalue weighted by Gasteiger charge is -2.42. The Kier molecular flexibility index (Phi) is 5.00. The highest BCUT2D eigenvalue weighted by atomic mass is 16.3. The Morgan fingerprint density at radius 2 is 2.29 bits per heavy atom. The van der Waals surface area contributed by atoms with Crippen LogP contribution in [0.1, 0.15) is 45.5 Å². The molecule has 2 atom stereocenters. The number of rotatable bonds is 5. The fourth-order valence-corrected chi connectivity index (χ4v) is 3.04. The molecule has 6 heteroatoms. The van der Waals surface area contributed by atoms with E-state index in [0.717, 1.165) is 25.3 Å². The molecular formula is C15H26N4O2. The van der Waals surface area contributed by atoms with Gasteiger partial charge in [0.05, 0.1) is 6.04 Å². The predicted octanol–water partition coefficient (Wildman–Crippen LogP) is 1.17. The number of amides is 1. The van der Waals surface area contributed by atoms with Crippen LogP contribution in [0.2, 0.25) is 0 Å². The predicted molar refractivity (Wildman–Crippen MR) is 80.7 cm³/mol. The molecule has 1 aromatic heterocycles. The maximum absolute atomic E-state index is 12.5. The zero-order chi connectivity index (χ0) is 15.5. The molecule has 2 N–H and O–H groups in total. The van der Waals surface area contributed by atoms with Crippen LogP contribution in [0.5, 0.6) is 0 Å². The van der Waals surface area contributed by atoms with Crippen molar-refractivity contribution in [1.82, 2.24) is 19.8 Å². The van der Waals surface area contributed by atoms with Gasteiger partial charge >= 0.3 is 0 Å². The van der Waals surface area contributed by atoms with E-state index in [1.807, 2.05) is 6.92 Å². The lowest BCUT2D eigenvalue weighted by molar-refractivity contribution is -0.153. The molecule has 1 aliphatic rings. The van der Waals surface area contributed by atoms with E-state index in [0.29, 0.717) is 19.5 Å². The molecule has 0 aliphatic carbocycles. The molecule has 6 nitrogen and oxygen atoms in total. The summed E-state index contributed by atoms with van der Waals surface area (Å²) in [4.78, 5) is 24.1. The number of hydrogen-bond acceptors (Lipinski definition) is 4. The molecule has 118 valence electrons. The number of H-pyrrole nitrogens is 1. The molecule has 1 fully saturated rings. The number of likely N-dealkylation sites (N-methyl/N-ethyl adjacent to an activating group) is 1. The maximum atomic E-state index is 12.5. The van der Waals surface area contributed by atoms with Crippen molar-refractivity contribution in [1.29, 1.82) is 0 Å². The SMILES string of the molecule is CCC[C@](C)(O)C(=O)N1CCN(CC)[C@@H](c2ncc[nH]2)C1. The van der Waals surface area contributed by atoms with Gasteiger partial charge in [-0.15, -0.1) is 0 Å². The van der Waals surface area contributed by atoms with Gasteiger partial charge < -0.3 is 15.0 Å². The Balaban J connectivity index is 2.12. The van der Waals surface area contributed by atoms with Crippen molar-refractivity contribution >= 4 is 5.91 Å². The van der Waals surface area contributed by atoms with Crippen molar-refractivity contribution in [2.75, 3.05) is 26.2 Å². The highest BCUT2D eigenvalue weighted by molar-refractivity contribution is 5.84. The number of carbonyl (C=O) groups excluding carboxylic acids is 1. The second kappa shape index (κ2) is 6.58. The van der Waals surface area contributed by atoms with Gasteiger partial charge in [0.2, 0.25) is 0 Å². The van der Waals surface area contributed by atoms with Gasteiger partial charge in [-0.1, -0.05) is 20.3 Å². The lowest BCUT2D eigenvalue weighted by Crippen LogP contribution is -2.55.